The third-order valence-electron chi connectivity index (χ3n) is 6.08. The maximum absolute atomic E-state index is 13.3. The molecule has 3 aliphatic heterocycles. The van der Waals surface area contributed by atoms with Gasteiger partial charge >= 0.3 is 12.1 Å². The van der Waals surface area contributed by atoms with E-state index >= 15 is 0 Å². The highest BCUT2D eigenvalue weighted by atomic mass is 19.4. The fraction of sp³-hybridized carbons (Fsp3) is 0.522. The summed E-state index contributed by atoms with van der Waals surface area (Å²) in [6.45, 7) is 3.37. The molecule has 186 valence electrons. The summed E-state index contributed by atoms with van der Waals surface area (Å²) in [4.78, 5) is 11.9. The molecule has 1 fully saturated rings. The minimum atomic E-state index is -4.61. The lowest BCUT2D eigenvalue weighted by Crippen LogP contribution is -2.48. The third kappa shape index (κ3) is 5.48. The van der Waals surface area contributed by atoms with Crippen LogP contribution in [0.5, 0.6) is 0 Å². The molecule has 1 aromatic carbocycles. The van der Waals surface area contributed by atoms with Gasteiger partial charge in [-0.3, -0.25) is 15.4 Å². The first-order valence-corrected chi connectivity index (χ1v) is 11.4. The molecule has 11 heteroatoms. The van der Waals surface area contributed by atoms with Gasteiger partial charge in [-0.25, -0.2) is 0 Å². The molecule has 0 unspecified atom stereocenters. The molecule has 0 aromatic heterocycles. The molecule has 0 amide bonds. The molecule has 8 nitrogen and oxygen atoms in total. The van der Waals surface area contributed by atoms with Gasteiger partial charge in [-0.2, -0.15) is 18.3 Å². The predicted molar refractivity (Wildman–Crippen MR) is 118 cm³/mol. The van der Waals surface area contributed by atoms with E-state index in [2.05, 4.69) is 10.6 Å². The number of esters is 1. The van der Waals surface area contributed by atoms with E-state index in [4.69, 9.17) is 9.47 Å². The largest absolute Gasteiger partial charge is 0.465 e. The van der Waals surface area contributed by atoms with Crippen LogP contribution in [0.1, 0.15) is 43.7 Å². The zero-order chi connectivity index (χ0) is 24.3. The zero-order valence-electron chi connectivity index (χ0n) is 18.9. The van der Waals surface area contributed by atoms with Crippen LogP contribution in [0.4, 0.5) is 18.9 Å². The number of nitrogens with zero attached hydrogens (tertiary/aromatic N) is 1. The Morgan fingerprint density at radius 3 is 2.88 bits per heavy atom. The van der Waals surface area contributed by atoms with Crippen LogP contribution >= 0.6 is 0 Å². The van der Waals surface area contributed by atoms with E-state index in [1.54, 1.807) is 13.0 Å². The molecule has 0 saturated carbocycles. The lowest BCUT2D eigenvalue weighted by Gasteiger charge is -2.32. The van der Waals surface area contributed by atoms with Gasteiger partial charge in [0.15, 0.2) is 0 Å². The van der Waals surface area contributed by atoms with E-state index in [1.807, 2.05) is 17.6 Å². The van der Waals surface area contributed by atoms with Crippen LogP contribution in [0.25, 0.3) is 5.70 Å². The second-order valence-corrected chi connectivity index (χ2v) is 8.51. The number of hydrazine groups is 1. The SMILES string of the molecule is CCOC(=O)[C@@H]1CC[C@@H](Nc2ccc3c(c2)COCCCC2=C3N(O)NC(C(F)(F)F)=C2)CN1. The normalized spacial score (nSPS) is 23.4. The van der Waals surface area contributed by atoms with Gasteiger partial charge in [-0.15, -0.1) is 0 Å². The highest BCUT2D eigenvalue weighted by Crippen LogP contribution is 2.37. The second-order valence-electron chi connectivity index (χ2n) is 8.51. The number of allylic oxidation sites excluding steroid dienone is 3. The number of hydrogen-bond donors (Lipinski definition) is 4. The molecule has 4 rings (SSSR count). The van der Waals surface area contributed by atoms with Gasteiger partial charge in [0.25, 0.3) is 0 Å². The van der Waals surface area contributed by atoms with Crippen molar-refractivity contribution < 1.29 is 32.6 Å². The molecule has 1 saturated heterocycles. The van der Waals surface area contributed by atoms with Gasteiger partial charge in [0.2, 0.25) is 0 Å². The highest BCUT2D eigenvalue weighted by Gasteiger charge is 2.38. The number of carbonyl (C=O) groups is 1. The highest BCUT2D eigenvalue weighted by molar-refractivity contribution is 5.76. The summed E-state index contributed by atoms with van der Waals surface area (Å²) < 4.78 is 50.6. The van der Waals surface area contributed by atoms with E-state index in [-0.39, 0.29) is 30.4 Å². The molecule has 2 atom stereocenters. The van der Waals surface area contributed by atoms with Gasteiger partial charge in [-0.05, 0) is 62.0 Å². The summed E-state index contributed by atoms with van der Waals surface area (Å²) in [6, 6.07) is 5.28. The quantitative estimate of drug-likeness (QED) is 0.485. The van der Waals surface area contributed by atoms with Crippen LogP contribution in [0.2, 0.25) is 0 Å². The third-order valence-corrected chi connectivity index (χ3v) is 6.08. The molecule has 0 bridgehead atoms. The molecule has 0 radical (unpaired) electrons. The number of piperidine rings is 1. The maximum atomic E-state index is 13.3. The van der Waals surface area contributed by atoms with E-state index in [9.17, 15) is 23.2 Å². The Labute approximate surface area is 195 Å². The summed E-state index contributed by atoms with van der Waals surface area (Å²) in [6.07, 6.45) is -1.26. The van der Waals surface area contributed by atoms with Gasteiger partial charge in [0, 0.05) is 30.4 Å². The van der Waals surface area contributed by atoms with Crippen molar-refractivity contribution >= 4 is 17.4 Å². The van der Waals surface area contributed by atoms with E-state index in [0.29, 0.717) is 55.3 Å². The summed E-state index contributed by atoms with van der Waals surface area (Å²) in [5, 5.41) is 17.6. The number of nitrogens with one attached hydrogen (secondary N) is 3. The number of ether oxygens (including phenoxy) is 2. The van der Waals surface area contributed by atoms with Crippen LogP contribution in [-0.4, -0.2) is 54.4 Å². The number of hydrogen-bond acceptors (Lipinski definition) is 8. The molecule has 3 heterocycles. The maximum Gasteiger partial charge on any atom is 0.432 e. The van der Waals surface area contributed by atoms with Crippen LogP contribution in [-0.2, 0) is 20.9 Å². The van der Waals surface area contributed by atoms with Gasteiger partial charge in [-0.1, -0.05) is 6.07 Å². The Hall–Kier alpha value is -2.76. The number of carbonyl (C=O) groups excluding carboxylic acids is 1. The Morgan fingerprint density at radius 1 is 1.35 bits per heavy atom. The molecule has 0 spiro atoms. The van der Waals surface area contributed by atoms with Crippen molar-refractivity contribution in [2.75, 3.05) is 25.1 Å². The Balaban J connectivity index is 1.54. The lowest BCUT2D eigenvalue weighted by molar-refractivity contribution is -0.146. The first-order valence-electron chi connectivity index (χ1n) is 11.4. The van der Waals surface area contributed by atoms with Gasteiger partial charge in [0.1, 0.15) is 11.7 Å². The van der Waals surface area contributed by atoms with Gasteiger partial charge in [0.05, 0.1) is 18.9 Å². The molecule has 4 N–H and O–H groups in total. The topological polar surface area (TPSA) is 95.1 Å². The van der Waals surface area contributed by atoms with E-state index < -0.39 is 11.9 Å². The molecular formula is C23H29F3N4O4. The van der Waals surface area contributed by atoms with Crippen molar-refractivity contribution in [2.45, 2.75) is 57.5 Å². The Morgan fingerprint density at radius 2 is 2.18 bits per heavy atom. The molecule has 34 heavy (non-hydrogen) atoms. The number of alkyl halides is 3. The first-order chi connectivity index (χ1) is 16.3. The minimum Gasteiger partial charge on any atom is -0.465 e. The Bertz CT molecular complexity index is 971. The number of benzene rings is 1. The molecular weight excluding hydrogens is 453 g/mol. The van der Waals surface area contributed by atoms with E-state index in [1.165, 1.54) is 0 Å². The summed E-state index contributed by atoms with van der Waals surface area (Å²) in [5.74, 6) is -0.239. The fourth-order valence-corrected chi connectivity index (χ4v) is 4.44. The standard InChI is InChI=1S/C23H29F3N4O4/c1-2-34-22(31)19-8-6-17(12-27-19)28-16-5-7-18-15(10-16)13-33-9-3-4-14-11-20(23(24,25)26)29-30(32)21(14)18/h5,7,10-11,17,19,27-29,32H,2-4,6,8-9,12-13H2,1H3/t17-,19+/m1/s1. The predicted octanol–water partition coefficient (Wildman–Crippen LogP) is 3.46. The zero-order valence-corrected chi connectivity index (χ0v) is 18.9. The van der Waals surface area contributed by atoms with Crippen molar-refractivity contribution in [3.8, 4) is 0 Å². The average Bonchev–Trinajstić information content (AvgIpc) is 2.88. The van der Waals surface area contributed by atoms with Crippen LogP contribution in [0, 0.1) is 0 Å². The monoisotopic (exact) mass is 482 g/mol. The number of rotatable bonds is 4. The minimum absolute atomic E-state index is 0.0960. The molecule has 3 aliphatic rings. The smallest absolute Gasteiger partial charge is 0.432 e. The molecule has 0 aliphatic carbocycles. The summed E-state index contributed by atoms with van der Waals surface area (Å²) >= 11 is 0. The van der Waals surface area contributed by atoms with Crippen LogP contribution < -0.4 is 16.1 Å². The van der Waals surface area contributed by atoms with Crippen molar-refractivity contribution in [1.29, 1.82) is 0 Å². The first kappa shape index (κ1) is 24.4. The van der Waals surface area contributed by atoms with Crippen molar-refractivity contribution in [3.05, 3.63) is 46.7 Å². The van der Waals surface area contributed by atoms with Crippen LogP contribution in [0.15, 0.2) is 35.5 Å². The molecule has 1 aromatic rings. The fourth-order valence-electron chi connectivity index (χ4n) is 4.44. The number of anilines is 1. The average molecular weight is 483 g/mol. The summed E-state index contributed by atoms with van der Waals surface area (Å²) in [7, 11) is 0. The number of halogens is 3. The lowest BCUT2D eigenvalue weighted by atomic mass is 9.96. The number of hydroxylamine groups is 1. The Kier molecular flexibility index (Phi) is 7.34. The van der Waals surface area contributed by atoms with Crippen molar-refractivity contribution in [3.63, 3.8) is 0 Å². The number of fused-ring (bicyclic) bond motifs is 2. The summed E-state index contributed by atoms with van der Waals surface area (Å²) in [5.41, 5.74) is 3.87. The van der Waals surface area contributed by atoms with Crippen molar-refractivity contribution in [1.82, 2.24) is 15.9 Å². The van der Waals surface area contributed by atoms with Crippen molar-refractivity contribution in [2.24, 2.45) is 0 Å². The second kappa shape index (κ2) is 10.2. The van der Waals surface area contributed by atoms with E-state index in [0.717, 1.165) is 23.7 Å². The van der Waals surface area contributed by atoms with Crippen LogP contribution in [0.3, 0.4) is 0 Å². The van der Waals surface area contributed by atoms with Gasteiger partial charge < -0.3 is 20.1 Å².